The van der Waals surface area contributed by atoms with Crippen molar-refractivity contribution in [1.82, 2.24) is 0 Å². The van der Waals surface area contributed by atoms with Crippen LogP contribution in [0.1, 0.15) is 63.9 Å². The Hall–Kier alpha value is 0.270. The van der Waals surface area contributed by atoms with Crippen molar-refractivity contribution in [3.8, 4) is 5.75 Å². The van der Waals surface area contributed by atoms with Gasteiger partial charge in [-0.05, 0) is 56.0 Å². The molecule has 4 heteroatoms. The van der Waals surface area contributed by atoms with E-state index in [0.29, 0.717) is 0 Å². The van der Waals surface area contributed by atoms with Crippen molar-refractivity contribution >= 4 is 43.5 Å². The van der Waals surface area contributed by atoms with E-state index in [1.54, 1.807) is 0 Å². The fourth-order valence-corrected chi connectivity index (χ4v) is 2.82. The summed E-state index contributed by atoms with van der Waals surface area (Å²) in [5.74, 6) is 0.905. The van der Waals surface area contributed by atoms with Crippen LogP contribution in [0.4, 0.5) is 0 Å². The predicted octanol–water partition coefficient (Wildman–Crippen LogP) is 7.35. The molecule has 0 unspecified atom stereocenters. The molecule has 0 aliphatic heterocycles. The Morgan fingerprint density at radius 3 is 1.95 bits per heavy atom. The van der Waals surface area contributed by atoms with E-state index >= 15 is 0 Å². The van der Waals surface area contributed by atoms with Crippen molar-refractivity contribution < 1.29 is 4.74 Å². The molecule has 0 heterocycles. The third-order valence-electron chi connectivity index (χ3n) is 3.45. The lowest BCUT2D eigenvalue weighted by Crippen LogP contribution is -2.00. The second kappa shape index (κ2) is 10.9. The van der Waals surface area contributed by atoms with Crippen LogP contribution < -0.4 is 4.74 Å². The molecule has 0 amide bonds. The molecule has 0 spiro atoms. The zero-order chi connectivity index (χ0) is 15.6. The molecule has 0 saturated heterocycles. The molecule has 1 rings (SSSR count). The Labute approximate surface area is 151 Å². The lowest BCUT2D eigenvalue weighted by Gasteiger charge is -2.13. The minimum absolute atomic E-state index is 0.684. The van der Waals surface area contributed by atoms with Crippen LogP contribution in [0.5, 0.6) is 5.75 Å². The van der Waals surface area contributed by atoms with Crippen LogP contribution in [-0.2, 0) is 2.69 Å². The monoisotopic (exact) mass is 438 g/mol. The molecular weight excluding hydrogens is 415 g/mol. The van der Waals surface area contributed by atoms with Gasteiger partial charge in [0.15, 0.2) is 2.69 Å². The Bertz CT molecular complexity index is 373. The van der Waals surface area contributed by atoms with E-state index < -0.39 is 2.69 Å². The van der Waals surface area contributed by atoms with E-state index in [0.717, 1.165) is 24.3 Å². The number of ether oxygens (including phenoxy) is 1. The minimum atomic E-state index is -0.684. The van der Waals surface area contributed by atoms with Gasteiger partial charge in [0, 0.05) is 0 Å². The minimum Gasteiger partial charge on any atom is -0.494 e. The van der Waals surface area contributed by atoms with E-state index in [1.165, 1.54) is 44.9 Å². The van der Waals surface area contributed by atoms with Crippen molar-refractivity contribution in [2.45, 2.75) is 61.0 Å². The van der Waals surface area contributed by atoms with Crippen molar-refractivity contribution in [2.24, 2.45) is 0 Å². The van der Waals surface area contributed by atoms with Crippen LogP contribution in [0.3, 0.4) is 0 Å². The summed E-state index contributed by atoms with van der Waals surface area (Å²) in [6.45, 7) is 3.05. The van der Waals surface area contributed by atoms with Crippen molar-refractivity contribution in [1.29, 1.82) is 0 Å². The van der Waals surface area contributed by atoms with Gasteiger partial charge in [-0.15, -0.1) is 0 Å². The summed E-state index contributed by atoms with van der Waals surface area (Å²) in [6, 6.07) is 7.83. The van der Waals surface area contributed by atoms with Crippen LogP contribution in [0.15, 0.2) is 24.3 Å². The summed E-state index contributed by atoms with van der Waals surface area (Å²) < 4.78 is 5.06. The number of halogens is 3. The largest absolute Gasteiger partial charge is 0.494 e. The van der Waals surface area contributed by atoms with Gasteiger partial charge in [-0.1, -0.05) is 75.6 Å². The highest BCUT2D eigenvalue weighted by molar-refractivity contribution is 9.25. The second-order valence-corrected chi connectivity index (χ2v) is 10.3. The lowest BCUT2D eigenvalue weighted by molar-refractivity contribution is 0.304. The molecule has 21 heavy (non-hydrogen) atoms. The van der Waals surface area contributed by atoms with Gasteiger partial charge in [0.25, 0.3) is 0 Å². The topological polar surface area (TPSA) is 9.23 Å². The van der Waals surface area contributed by atoms with Gasteiger partial charge >= 0.3 is 0 Å². The zero-order valence-corrected chi connectivity index (χ0v) is 16.6. The maximum Gasteiger partial charge on any atom is 0.178 e. The Morgan fingerprint density at radius 2 is 1.43 bits per heavy atom. The molecule has 0 saturated carbocycles. The van der Waals surface area contributed by atoms with E-state index in [1.807, 2.05) is 24.3 Å². The maximum absolute atomic E-state index is 6.11. The number of benzene rings is 1. The molecule has 0 N–H and O–H groups in total. The predicted molar refractivity (Wildman–Crippen MR) is 99.9 cm³/mol. The maximum atomic E-state index is 6.11. The first-order chi connectivity index (χ1) is 10.0. The number of hydrogen-bond donors (Lipinski definition) is 0. The number of hydrogen-bond acceptors (Lipinski definition) is 1. The highest BCUT2D eigenvalue weighted by Gasteiger charge is 2.20. The average Bonchev–Trinajstić information content (AvgIpc) is 2.45. The second-order valence-electron chi connectivity index (χ2n) is 5.35. The van der Waals surface area contributed by atoms with Gasteiger partial charge in [-0.3, -0.25) is 0 Å². The van der Waals surface area contributed by atoms with E-state index in [-0.39, 0.29) is 0 Å². The molecule has 1 nitrogen and oxygen atoms in total. The molecular formula is C17H25Br2ClO. The van der Waals surface area contributed by atoms with Crippen LogP contribution in [0, 0.1) is 0 Å². The standard InChI is InChI=1S/C17H25Br2ClO/c1-2-3-4-5-6-7-8-9-14-21-16-12-10-15(11-13-16)17(18,19)20/h10-13H,2-9,14H2,1H3. The van der Waals surface area contributed by atoms with Gasteiger partial charge < -0.3 is 4.74 Å². The summed E-state index contributed by atoms with van der Waals surface area (Å²) in [4.78, 5) is 0. The fraction of sp³-hybridized carbons (Fsp3) is 0.647. The summed E-state index contributed by atoms with van der Waals surface area (Å²) in [7, 11) is 0. The smallest absolute Gasteiger partial charge is 0.178 e. The number of unbranched alkanes of at least 4 members (excludes halogenated alkanes) is 7. The van der Waals surface area contributed by atoms with Crippen LogP contribution in [-0.4, -0.2) is 6.61 Å². The van der Waals surface area contributed by atoms with Gasteiger partial charge in [0.2, 0.25) is 0 Å². The molecule has 0 fully saturated rings. The fourth-order valence-electron chi connectivity index (χ4n) is 2.17. The normalized spacial score (nSPS) is 11.6. The highest BCUT2D eigenvalue weighted by Crippen LogP contribution is 2.42. The van der Waals surface area contributed by atoms with Crippen molar-refractivity contribution in [3.05, 3.63) is 29.8 Å². The zero-order valence-electron chi connectivity index (χ0n) is 12.7. The van der Waals surface area contributed by atoms with Crippen LogP contribution in [0.2, 0.25) is 0 Å². The van der Waals surface area contributed by atoms with Gasteiger partial charge in [0.05, 0.1) is 6.61 Å². The van der Waals surface area contributed by atoms with Gasteiger partial charge in [-0.25, -0.2) is 0 Å². The molecule has 120 valence electrons. The van der Waals surface area contributed by atoms with Gasteiger partial charge in [-0.2, -0.15) is 0 Å². The van der Waals surface area contributed by atoms with Crippen LogP contribution in [0.25, 0.3) is 0 Å². The summed E-state index contributed by atoms with van der Waals surface area (Å²) in [6.07, 6.45) is 10.6. The summed E-state index contributed by atoms with van der Waals surface area (Å²) in [5.41, 5.74) is 0.962. The summed E-state index contributed by atoms with van der Waals surface area (Å²) in [5, 5.41) is 0. The molecule has 0 radical (unpaired) electrons. The molecule has 0 atom stereocenters. The lowest BCUT2D eigenvalue weighted by atomic mass is 10.1. The van der Waals surface area contributed by atoms with Crippen molar-refractivity contribution in [3.63, 3.8) is 0 Å². The molecule has 0 bridgehead atoms. The third kappa shape index (κ3) is 9.10. The summed E-state index contributed by atoms with van der Waals surface area (Å²) >= 11 is 12.8. The molecule has 0 aliphatic carbocycles. The molecule has 0 aliphatic rings. The number of rotatable bonds is 11. The average molecular weight is 441 g/mol. The van der Waals surface area contributed by atoms with Crippen molar-refractivity contribution in [2.75, 3.05) is 6.61 Å². The van der Waals surface area contributed by atoms with E-state index in [2.05, 4.69) is 38.8 Å². The quantitative estimate of drug-likeness (QED) is 0.258. The molecule has 1 aromatic rings. The highest BCUT2D eigenvalue weighted by atomic mass is 79.9. The van der Waals surface area contributed by atoms with E-state index in [9.17, 15) is 0 Å². The van der Waals surface area contributed by atoms with Crippen LogP contribution >= 0.6 is 43.5 Å². The Balaban J connectivity index is 2.08. The molecule has 1 aromatic carbocycles. The number of alkyl halides is 3. The van der Waals surface area contributed by atoms with E-state index in [4.69, 9.17) is 16.3 Å². The van der Waals surface area contributed by atoms with Gasteiger partial charge in [0.1, 0.15) is 5.75 Å². The Morgan fingerprint density at radius 1 is 0.905 bits per heavy atom. The first-order valence-electron chi connectivity index (χ1n) is 7.84. The SMILES string of the molecule is CCCCCCCCCCOc1ccc(C(Cl)(Br)Br)cc1. The Kier molecular flexibility index (Phi) is 10.0. The molecule has 0 aromatic heterocycles. The third-order valence-corrected chi connectivity index (χ3v) is 4.58. The first kappa shape index (κ1) is 19.3. The first-order valence-corrected chi connectivity index (χ1v) is 9.80.